The molecule has 4 nitrogen and oxygen atoms in total. The second-order valence-corrected chi connectivity index (χ2v) is 5.56. The maximum absolute atomic E-state index is 12.1. The molecule has 0 bridgehead atoms. The van der Waals surface area contributed by atoms with Crippen LogP contribution in [0.5, 0.6) is 0 Å². The van der Waals surface area contributed by atoms with Crippen LogP contribution in [0.1, 0.15) is 41.4 Å². The molecule has 1 aromatic carbocycles. The lowest BCUT2D eigenvalue weighted by atomic mass is 10.1. The van der Waals surface area contributed by atoms with Crippen molar-refractivity contribution in [2.45, 2.75) is 26.7 Å². The Hall–Kier alpha value is -1.62. The van der Waals surface area contributed by atoms with Gasteiger partial charge in [-0.2, -0.15) is 0 Å². The van der Waals surface area contributed by atoms with Gasteiger partial charge in [-0.25, -0.2) is 0 Å². The van der Waals surface area contributed by atoms with Crippen molar-refractivity contribution < 1.29 is 9.32 Å². The summed E-state index contributed by atoms with van der Waals surface area (Å²) < 4.78 is 5.84. The molecule has 0 spiro atoms. The SMILES string of the molecule is Cc1ccc(Br)c(C(=O)Nc2cc(C(C)C)no2)c1. The normalized spacial score (nSPS) is 10.8. The first-order valence-electron chi connectivity index (χ1n) is 6.01. The third kappa shape index (κ3) is 3.23. The van der Waals surface area contributed by atoms with Crippen LogP contribution in [0, 0.1) is 6.92 Å². The zero-order valence-corrected chi connectivity index (χ0v) is 12.6. The van der Waals surface area contributed by atoms with Gasteiger partial charge in [-0.3, -0.25) is 10.1 Å². The molecule has 100 valence electrons. The molecule has 1 amide bonds. The zero-order chi connectivity index (χ0) is 14.0. The van der Waals surface area contributed by atoms with E-state index in [1.165, 1.54) is 0 Å². The van der Waals surface area contributed by atoms with Gasteiger partial charge in [-0.05, 0) is 40.9 Å². The van der Waals surface area contributed by atoms with Gasteiger partial charge in [0.25, 0.3) is 5.91 Å². The summed E-state index contributed by atoms with van der Waals surface area (Å²) in [4.78, 5) is 12.1. The standard InChI is InChI=1S/C14H15BrN2O2/c1-8(2)12-7-13(19-17-12)16-14(18)10-6-9(3)4-5-11(10)15/h4-8H,1-3H3,(H,16,18). The van der Waals surface area contributed by atoms with Gasteiger partial charge in [0.2, 0.25) is 5.88 Å². The van der Waals surface area contributed by atoms with E-state index in [1.807, 2.05) is 39.0 Å². The van der Waals surface area contributed by atoms with Gasteiger partial charge in [0.05, 0.1) is 11.3 Å². The van der Waals surface area contributed by atoms with E-state index in [-0.39, 0.29) is 11.8 Å². The van der Waals surface area contributed by atoms with Crippen molar-refractivity contribution in [3.63, 3.8) is 0 Å². The van der Waals surface area contributed by atoms with E-state index in [0.29, 0.717) is 11.4 Å². The Kier molecular flexibility index (Phi) is 4.04. The predicted molar refractivity (Wildman–Crippen MR) is 77.4 cm³/mol. The minimum Gasteiger partial charge on any atom is -0.338 e. The van der Waals surface area contributed by atoms with Gasteiger partial charge in [0, 0.05) is 10.5 Å². The monoisotopic (exact) mass is 322 g/mol. The van der Waals surface area contributed by atoms with Crippen LogP contribution in [-0.2, 0) is 0 Å². The smallest absolute Gasteiger partial charge is 0.259 e. The second kappa shape index (κ2) is 5.57. The van der Waals surface area contributed by atoms with Crippen molar-refractivity contribution in [2.75, 3.05) is 5.32 Å². The van der Waals surface area contributed by atoms with Crippen LogP contribution in [0.15, 0.2) is 33.3 Å². The van der Waals surface area contributed by atoms with Crippen molar-refractivity contribution in [3.05, 3.63) is 45.6 Å². The van der Waals surface area contributed by atoms with Gasteiger partial charge >= 0.3 is 0 Å². The van der Waals surface area contributed by atoms with Crippen LogP contribution in [0.2, 0.25) is 0 Å². The summed E-state index contributed by atoms with van der Waals surface area (Å²) in [5, 5.41) is 6.60. The van der Waals surface area contributed by atoms with Gasteiger partial charge in [-0.1, -0.05) is 30.6 Å². The fourth-order valence-corrected chi connectivity index (χ4v) is 2.04. The maximum atomic E-state index is 12.1. The highest BCUT2D eigenvalue weighted by Gasteiger charge is 2.14. The molecular weight excluding hydrogens is 308 g/mol. The van der Waals surface area contributed by atoms with Crippen LogP contribution in [0.4, 0.5) is 5.88 Å². The lowest BCUT2D eigenvalue weighted by Crippen LogP contribution is -2.12. The van der Waals surface area contributed by atoms with Crippen LogP contribution in [-0.4, -0.2) is 11.1 Å². The molecule has 19 heavy (non-hydrogen) atoms. The van der Waals surface area contributed by atoms with E-state index in [4.69, 9.17) is 4.52 Å². The number of nitrogens with zero attached hydrogens (tertiary/aromatic N) is 1. The number of halogens is 1. The molecule has 1 N–H and O–H groups in total. The zero-order valence-electron chi connectivity index (χ0n) is 11.0. The van der Waals surface area contributed by atoms with Crippen molar-refractivity contribution in [3.8, 4) is 0 Å². The van der Waals surface area contributed by atoms with Crippen LogP contribution in [0.25, 0.3) is 0 Å². The van der Waals surface area contributed by atoms with Gasteiger partial charge in [0.1, 0.15) is 0 Å². The summed E-state index contributed by atoms with van der Waals surface area (Å²) in [6.45, 7) is 5.97. The molecule has 5 heteroatoms. The highest BCUT2D eigenvalue weighted by Crippen LogP contribution is 2.21. The Labute approximate surface area is 120 Å². The van der Waals surface area contributed by atoms with E-state index in [1.54, 1.807) is 6.07 Å². The number of carbonyl (C=O) groups excluding carboxylic acids is 1. The molecule has 0 saturated carbocycles. The van der Waals surface area contributed by atoms with E-state index in [2.05, 4.69) is 26.4 Å². The number of amides is 1. The van der Waals surface area contributed by atoms with Crippen LogP contribution < -0.4 is 5.32 Å². The summed E-state index contributed by atoms with van der Waals surface area (Å²) in [7, 11) is 0. The van der Waals surface area contributed by atoms with Crippen molar-refractivity contribution >= 4 is 27.7 Å². The molecule has 2 aromatic rings. The average molecular weight is 323 g/mol. The summed E-state index contributed by atoms with van der Waals surface area (Å²) >= 11 is 3.37. The molecule has 1 heterocycles. The Balaban J connectivity index is 2.18. The first-order valence-corrected chi connectivity index (χ1v) is 6.81. The minimum absolute atomic E-state index is 0.220. The molecule has 0 aliphatic carbocycles. The number of anilines is 1. The van der Waals surface area contributed by atoms with E-state index in [0.717, 1.165) is 15.7 Å². The fourth-order valence-electron chi connectivity index (χ4n) is 1.61. The Morgan fingerprint density at radius 3 is 2.74 bits per heavy atom. The maximum Gasteiger partial charge on any atom is 0.259 e. The lowest BCUT2D eigenvalue weighted by molar-refractivity contribution is 0.102. The highest BCUT2D eigenvalue weighted by molar-refractivity contribution is 9.10. The lowest BCUT2D eigenvalue weighted by Gasteiger charge is -2.04. The number of carbonyl (C=O) groups is 1. The molecule has 1 aromatic heterocycles. The number of aromatic nitrogens is 1. The van der Waals surface area contributed by atoms with Gasteiger partial charge in [0.15, 0.2) is 0 Å². The number of hydrogen-bond donors (Lipinski definition) is 1. The molecular formula is C14H15BrN2O2. The quantitative estimate of drug-likeness (QED) is 0.924. The Morgan fingerprint density at radius 1 is 1.37 bits per heavy atom. The number of rotatable bonds is 3. The van der Waals surface area contributed by atoms with Crippen LogP contribution in [0.3, 0.4) is 0 Å². The summed E-state index contributed by atoms with van der Waals surface area (Å²) in [6.07, 6.45) is 0. The average Bonchev–Trinajstić information content (AvgIpc) is 2.80. The van der Waals surface area contributed by atoms with E-state index in [9.17, 15) is 4.79 Å². The third-order valence-corrected chi connectivity index (χ3v) is 3.41. The number of benzene rings is 1. The topological polar surface area (TPSA) is 55.1 Å². The number of aryl methyl sites for hydroxylation is 1. The fraction of sp³-hybridized carbons (Fsp3) is 0.286. The molecule has 2 rings (SSSR count). The van der Waals surface area contributed by atoms with Crippen molar-refractivity contribution in [1.82, 2.24) is 5.16 Å². The van der Waals surface area contributed by atoms with E-state index < -0.39 is 0 Å². The molecule has 0 unspecified atom stereocenters. The Morgan fingerprint density at radius 2 is 2.11 bits per heavy atom. The highest BCUT2D eigenvalue weighted by atomic mass is 79.9. The van der Waals surface area contributed by atoms with E-state index >= 15 is 0 Å². The third-order valence-electron chi connectivity index (χ3n) is 2.72. The van der Waals surface area contributed by atoms with Crippen molar-refractivity contribution in [1.29, 1.82) is 0 Å². The minimum atomic E-state index is -0.220. The molecule has 0 radical (unpaired) electrons. The largest absolute Gasteiger partial charge is 0.338 e. The Bertz CT molecular complexity index is 605. The summed E-state index contributed by atoms with van der Waals surface area (Å²) in [5.41, 5.74) is 2.41. The summed E-state index contributed by atoms with van der Waals surface area (Å²) in [5.74, 6) is 0.407. The summed E-state index contributed by atoms with van der Waals surface area (Å²) in [6, 6.07) is 7.35. The predicted octanol–water partition coefficient (Wildman–Crippen LogP) is 4.12. The molecule has 0 fully saturated rings. The number of nitrogens with one attached hydrogen (secondary N) is 1. The first kappa shape index (κ1) is 13.8. The van der Waals surface area contributed by atoms with Gasteiger partial charge in [-0.15, -0.1) is 0 Å². The number of hydrogen-bond acceptors (Lipinski definition) is 3. The first-order chi connectivity index (χ1) is 8.97. The second-order valence-electron chi connectivity index (χ2n) is 4.71. The molecule has 0 aliphatic heterocycles. The van der Waals surface area contributed by atoms with Gasteiger partial charge < -0.3 is 4.52 Å². The van der Waals surface area contributed by atoms with Crippen LogP contribution >= 0.6 is 15.9 Å². The molecule has 0 saturated heterocycles. The van der Waals surface area contributed by atoms with Crippen molar-refractivity contribution in [2.24, 2.45) is 0 Å². The molecule has 0 atom stereocenters. The molecule has 0 aliphatic rings.